The van der Waals surface area contributed by atoms with E-state index < -0.39 is 0 Å². The monoisotopic (exact) mass is 403 g/mol. The van der Waals surface area contributed by atoms with Gasteiger partial charge in [-0.25, -0.2) is 4.98 Å². The molecule has 1 aromatic heterocycles. The number of hydrogen-bond donors (Lipinski definition) is 3. The number of hydrogen-bond acceptors (Lipinski definition) is 3. The molecule has 3 aromatic rings. The highest BCUT2D eigenvalue weighted by Gasteiger charge is 2.28. The van der Waals surface area contributed by atoms with Crippen molar-refractivity contribution in [3.63, 3.8) is 0 Å². The first kappa shape index (κ1) is 19.0. The standard InChI is InChI=1S/C24H27N5O/c1-27-13-15-28(16-14-27)17-22(30)26-23-19-9-5-6-10-21(19)25-24-20(23)11-12-29(24)18-7-3-2-4-8-18/h2-10H,11-17H2,1H3,(H,25,26,30)/p+2. The molecule has 2 aliphatic rings. The minimum Gasteiger partial charge on any atom is -0.328 e. The highest BCUT2D eigenvalue weighted by Crippen LogP contribution is 2.40. The predicted molar refractivity (Wildman–Crippen MR) is 120 cm³/mol. The van der Waals surface area contributed by atoms with Crippen LogP contribution in [0.5, 0.6) is 0 Å². The molecule has 30 heavy (non-hydrogen) atoms. The van der Waals surface area contributed by atoms with Crippen molar-refractivity contribution >= 4 is 34.0 Å². The molecule has 5 rings (SSSR count). The molecule has 0 atom stereocenters. The van der Waals surface area contributed by atoms with E-state index in [1.54, 1.807) is 4.90 Å². The summed E-state index contributed by atoms with van der Waals surface area (Å²) in [7, 11) is 2.22. The lowest BCUT2D eigenvalue weighted by Crippen LogP contribution is -3.27. The smallest absolute Gasteiger partial charge is 0.279 e. The number of carbonyl (C=O) groups is 1. The molecule has 0 spiro atoms. The average Bonchev–Trinajstić information content (AvgIpc) is 3.19. The van der Waals surface area contributed by atoms with Gasteiger partial charge in [-0.2, -0.15) is 0 Å². The van der Waals surface area contributed by atoms with E-state index in [1.165, 1.54) is 4.90 Å². The number of rotatable bonds is 4. The van der Waals surface area contributed by atoms with Gasteiger partial charge < -0.3 is 20.0 Å². The number of anilines is 3. The van der Waals surface area contributed by atoms with Crippen LogP contribution in [-0.4, -0.2) is 57.2 Å². The van der Waals surface area contributed by atoms with Crippen LogP contribution in [0.15, 0.2) is 54.6 Å². The van der Waals surface area contributed by atoms with Crippen LogP contribution in [0.4, 0.5) is 17.2 Å². The summed E-state index contributed by atoms with van der Waals surface area (Å²) in [5.74, 6) is 1.06. The quantitative estimate of drug-likeness (QED) is 0.587. The van der Waals surface area contributed by atoms with E-state index in [0.717, 1.165) is 72.8 Å². The van der Waals surface area contributed by atoms with Gasteiger partial charge in [-0.3, -0.25) is 4.79 Å². The molecular weight excluding hydrogens is 374 g/mol. The number of carbonyl (C=O) groups excluding carboxylic acids is 1. The molecule has 6 nitrogen and oxygen atoms in total. The van der Waals surface area contributed by atoms with Gasteiger partial charge in [0, 0.05) is 23.2 Å². The summed E-state index contributed by atoms with van der Waals surface area (Å²) >= 11 is 0. The van der Waals surface area contributed by atoms with E-state index in [0.29, 0.717) is 6.54 Å². The molecule has 3 heterocycles. The van der Waals surface area contributed by atoms with Crippen LogP contribution in [0.25, 0.3) is 10.9 Å². The van der Waals surface area contributed by atoms with Gasteiger partial charge in [0.15, 0.2) is 6.54 Å². The highest BCUT2D eigenvalue weighted by atomic mass is 16.2. The van der Waals surface area contributed by atoms with E-state index >= 15 is 0 Å². The predicted octanol–water partition coefficient (Wildman–Crippen LogP) is 0.281. The fraction of sp³-hybridized carbons (Fsp3) is 0.333. The Labute approximate surface area is 177 Å². The Morgan fingerprint density at radius 2 is 1.77 bits per heavy atom. The Hall–Kier alpha value is -2.96. The lowest BCUT2D eigenvalue weighted by atomic mass is 10.1. The number of nitrogens with one attached hydrogen (secondary N) is 3. The van der Waals surface area contributed by atoms with Gasteiger partial charge in [0.1, 0.15) is 32.0 Å². The van der Waals surface area contributed by atoms with E-state index in [1.807, 2.05) is 24.3 Å². The zero-order valence-electron chi connectivity index (χ0n) is 17.4. The number of nitrogens with zero attached hydrogens (tertiary/aromatic N) is 2. The Kier molecular flexibility index (Phi) is 5.11. The topological polar surface area (TPSA) is 54.1 Å². The third-order valence-corrected chi connectivity index (χ3v) is 6.37. The first-order valence-electron chi connectivity index (χ1n) is 10.9. The maximum Gasteiger partial charge on any atom is 0.279 e. The largest absolute Gasteiger partial charge is 0.328 e. The van der Waals surface area contributed by atoms with Crippen LogP contribution >= 0.6 is 0 Å². The Morgan fingerprint density at radius 1 is 1.03 bits per heavy atom. The molecule has 0 bridgehead atoms. The molecule has 2 aliphatic heterocycles. The SMILES string of the molecule is C[NH+]1CC[NH+](CC(=O)Nc2c3c(nc4ccccc24)N(c2ccccc2)CC3)CC1. The van der Waals surface area contributed by atoms with Crippen molar-refractivity contribution in [1.29, 1.82) is 0 Å². The molecule has 0 aliphatic carbocycles. The van der Waals surface area contributed by atoms with Crippen LogP contribution in [0.2, 0.25) is 0 Å². The van der Waals surface area contributed by atoms with Crippen molar-refractivity contribution in [1.82, 2.24) is 4.98 Å². The Morgan fingerprint density at radius 3 is 2.57 bits per heavy atom. The summed E-state index contributed by atoms with van der Waals surface area (Å²) in [4.78, 5) is 23.1. The summed E-state index contributed by atoms with van der Waals surface area (Å²) < 4.78 is 0. The second kappa shape index (κ2) is 8.05. The van der Waals surface area contributed by atoms with Crippen molar-refractivity contribution in [2.75, 3.05) is 56.5 Å². The second-order valence-corrected chi connectivity index (χ2v) is 8.48. The molecule has 3 N–H and O–H groups in total. The number of piperazine rings is 1. The third-order valence-electron chi connectivity index (χ3n) is 6.37. The zero-order chi connectivity index (χ0) is 20.5. The molecule has 0 unspecified atom stereocenters. The summed E-state index contributed by atoms with van der Waals surface area (Å²) in [6.45, 7) is 5.76. The molecule has 2 aromatic carbocycles. The number of fused-ring (bicyclic) bond motifs is 2. The van der Waals surface area contributed by atoms with Gasteiger partial charge in [-0.05, 0) is 24.6 Å². The van der Waals surface area contributed by atoms with Gasteiger partial charge >= 0.3 is 0 Å². The van der Waals surface area contributed by atoms with Crippen LogP contribution in [-0.2, 0) is 11.2 Å². The molecular formula is C24H29N5O+2. The maximum absolute atomic E-state index is 13.0. The first-order chi connectivity index (χ1) is 14.7. The summed E-state index contributed by atoms with van der Waals surface area (Å²) in [5.41, 5.74) is 4.15. The molecule has 1 saturated heterocycles. The minimum atomic E-state index is 0.0984. The number of amides is 1. The molecule has 154 valence electrons. The lowest BCUT2D eigenvalue weighted by Gasteiger charge is -2.27. The Balaban J connectivity index is 1.47. The van der Waals surface area contributed by atoms with Crippen LogP contribution in [0.3, 0.4) is 0 Å². The van der Waals surface area contributed by atoms with Gasteiger partial charge in [0.05, 0.1) is 18.3 Å². The highest BCUT2D eigenvalue weighted by molar-refractivity contribution is 6.04. The molecule has 1 fully saturated rings. The van der Waals surface area contributed by atoms with Crippen molar-refractivity contribution in [2.45, 2.75) is 6.42 Å². The van der Waals surface area contributed by atoms with E-state index in [9.17, 15) is 4.79 Å². The van der Waals surface area contributed by atoms with Crippen LogP contribution < -0.4 is 20.0 Å². The van der Waals surface area contributed by atoms with Crippen LogP contribution in [0, 0.1) is 0 Å². The zero-order valence-corrected chi connectivity index (χ0v) is 17.4. The van der Waals surface area contributed by atoms with Gasteiger partial charge in [-0.1, -0.05) is 36.4 Å². The average molecular weight is 404 g/mol. The molecule has 0 radical (unpaired) electrons. The number of benzene rings is 2. The van der Waals surface area contributed by atoms with E-state index in [-0.39, 0.29) is 5.91 Å². The molecule has 6 heteroatoms. The summed E-state index contributed by atoms with van der Waals surface area (Å²) in [5, 5.41) is 4.31. The number of likely N-dealkylation sites (N-methyl/N-ethyl adjacent to an activating group) is 1. The van der Waals surface area contributed by atoms with Crippen molar-refractivity contribution in [3.05, 3.63) is 60.2 Å². The normalized spacial score (nSPS) is 20.9. The molecule has 0 saturated carbocycles. The van der Waals surface area contributed by atoms with Gasteiger partial charge in [0.25, 0.3) is 5.91 Å². The number of quaternary nitrogens is 2. The first-order valence-corrected chi connectivity index (χ1v) is 10.9. The van der Waals surface area contributed by atoms with Gasteiger partial charge in [-0.15, -0.1) is 0 Å². The van der Waals surface area contributed by atoms with E-state index in [2.05, 4.69) is 47.6 Å². The number of aromatic nitrogens is 1. The maximum atomic E-state index is 13.0. The fourth-order valence-corrected chi connectivity index (χ4v) is 4.65. The number of para-hydroxylation sites is 2. The molecule has 1 amide bonds. The van der Waals surface area contributed by atoms with Crippen molar-refractivity contribution in [2.24, 2.45) is 0 Å². The second-order valence-electron chi connectivity index (χ2n) is 8.48. The summed E-state index contributed by atoms with van der Waals surface area (Å²) in [6.07, 6.45) is 0.877. The van der Waals surface area contributed by atoms with Crippen molar-refractivity contribution in [3.8, 4) is 0 Å². The Bertz CT molecular complexity index is 1060. The van der Waals surface area contributed by atoms with Gasteiger partial charge in [0.2, 0.25) is 0 Å². The lowest BCUT2D eigenvalue weighted by molar-refractivity contribution is -0.999. The minimum absolute atomic E-state index is 0.0984. The van der Waals surface area contributed by atoms with Crippen LogP contribution in [0.1, 0.15) is 5.56 Å². The van der Waals surface area contributed by atoms with Crippen molar-refractivity contribution < 1.29 is 14.6 Å². The fourth-order valence-electron chi connectivity index (χ4n) is 4.65. The summed E-state index contributed by atoms with van der Waals surface area (Å²) in [6, 6.07) is 18.5. The third kappa shape index (κ3) is 3.64. The number of pyridine rings is 1. The van der Waals surface area contributed by atoms with E-state index in [4.69, 9.17) is 4.98 Å².